The third-order valence-electron chi connectivity index (χ3n) is 2.34. The minimum Gasteiger partial charge on any atom is -0.481 e. The van der Waals surface area contributed by atoms with Gasteiger partial charge in [-0.25, -0.2) is 0 Å². The second kappa shape index (κ2) is 8.10. The highest BCUT2D eigenvalue weighted by atomic mass is 16.4. The van der Waals surface area contributed by atoms with Crippen molar-refractivity contribution >= 4 is 11.9 Å². The van der Waals surface area contributed by atoms with E-state index in [1.165, 1.54) is 0 Å². The second-order valence-electron chi connectivity index (χ2n) is 3.98. The fourth-order valence-electron chi connectivity index (χ4n) is 1.43. The Morgan fingerprint density at radius 1 is 1.44 bits per heavy atom. The molecule has 0 spiro atoms. The van der Waals surface area contributed by atoms with Crippen LogP contribution in [0.3, 0.4) is 0 Å². The van der Waals surface area contributed by atoms with Crippen molar-refractivity contribution in [2.45, 2.75) is 39.2 Å². The van der Waals surface area contributed by atoms with Gasteiger partial charge in [-0.3, -0.25) is 9.59 Å². The minimum atomic E-state index is -0.818. The summed E-state index contributed by atoms with van der Waals surface area (Å²) in [5.74, 6) is -0.763. The lowest BCUT2D eigenvalue weighted by Crippen LogP contribution is -2.35. The second-order valence-corrected chi connectivity index (χ2v) is 3.98. The van der Waals surface area contributed by atoms with E-state index < -0.39 is 5.97 Å². The van der Waals surface area contributed by atoms with Crippen LogP contribution in [0.15, 0.2) is 0 Å². The van der Waals surface area contributed by atoms with Crippen LogP contribution in [-0.2, 0) is 9.59 Å². The van der Waals surface area contributed by atoms with Crippen molar-refractivity contribution < 1.29 is 14.7 Å². The molecule has 0 fully saturated rings. The van der Waals surface area contributed by atoms with E-state index in [1.54, 1.807) is 11.9 Å². The number of aliphatic carboxylic acids is 1. The molecule has 94 valence electrons. The molecule has 1 atom stereocenters. The van der Waals surface area contributed by atoms with E-state index in [-0.39, 0.29) is 18.4 Å². The van der Waals surface area contributed by atoms with Crippen molar-refractivity contribution in [3.63, 3.8) is 0 Å². The zero-order valence-electron chi connectivity index (χ0n) is 10.3. The highest BCUT2D eigenvalue weighted by Crippen LogP contribution is 1.99. The van der Waals surface area contributed by atoms with Crippen LogP contribution >= 0.6 is 0 Å². The third kappa shape index (κ3) is 7.23. The molecule has 1 unspecified atom stereocenters. The third-order valence-corrected chi connectivity index (χ3v) is 2.34. The highest BCUT2D eigenvalue weighted by Gasteiger charge is 2.12. The van der Waals surface area contributed by atoms with Gasteiger partial charge in [0.1, 0.15) is 0 Å². The smallest absolute Gasteiger partial charge is 0.303 e. The normalized spacial score (nSPS) is 12.2. The van der Waals surface area contributed by atoms with Gasteiger partial charge in [0.25, 0.3) is 0 Å². The zero-order chi connectivity index (χ0) is 12.6. The van der Waals surface area contributed by atoms with E-state index in [2.05, 4.69) is 5.32 Å². The Morgan fingerprint density at radius 2 is 2.06 bits per heavy atom. The molecule has 0 saturated carbocycles. The van der Waals surface area contributed by atoms with Crippen LogP contribution in [0.4, 0.5) is 0 Å². The minimum absolute atomic E-state index is 0.0545. The van der Waals surface area contributed by atoms with Gasteiger partial charge in [0.15, 0.2) is 0 Å². The number of rotatable bonds is 8. The Balaban J connectivity index is 3.76. The number of nitrogens with zero attached hydrogens (tertiary/aromatic N) is 1. The summed E-state index contributed by atoms with van der Waals surface area (Å²) in [5, 5.41) is 11.6. The maximum atomic E-state index is 11.6. The summed E-state index contributed by atoms with van der Waals surface area (Å²) in [6, 6.07) is 0.166. The summed E-state index contributed by atoms with van der Waals surface area (Å²) in [4.78, 5) is 23.5. The standard InChI is InChI=1S/C11H22N2O3/c1-4-12-9(2)8-10(14)13(3)7-5-6-11(15)16/h9,12H,4-8H2,1-3H3,(H,15,16). The summed E-state index contributed by atoms with van der Waals surface area (Å²) in [6.45, 7) is 5.31. The van der Waals surface area contributed by atoms with E-state index in [0.717, 1.165) is 6.54 Å². The molecule has 0 aliphatic carbocycles. The molecule has 0 aliphatic rings. The van der Waals surface area contributed by atoms with Crippen LogP contribution in [0, 0.1) is 0 Å². The molecule has 0 saturated heterocycles. The molecule has 0 aromatic heterocycles. The zero-order valence-corrected chi connectivity index (χ0v) is 10.3. The van der Waals surface area contributed by atoms with Gasteiger partial charge >= 0.3 is 5.97 Å². The van der Waals surface area contributed by atoms with Crippen LogP contribution in [0.2, 0.25) is 0 Å². The lowest BCUT2D eigenvalue weighted by atomic mass is 10.2. The van der Waals surface area contributed by atoms with E-state index in [9.17, 15) is 9.59 Å². The topological polar surface area (TPSA) is 69.6 Å². The maximum absolute atomic E-state index is 11.6. The molecule has 1 amide bonds. The monoisotopic (exact) mass is 230 g/mol. The van der Waals surface area contributed by atoms with Gasteiger partial charge in [-0.15, -0.1) is 0 Å². The first-order chi connectivity index (χ1) is 7.47. The van der Waals surface area contributed by atoms with Crippen molar-refractivity contribution in [1.29, 1.82) is 0 Å². The molecule has 5 nitrogen and oxygen atoms in total. The number of amides is 1. The Bertz CT molecular complexity index is 231. The number of hydrogen-bond donors (Lipinski definition) is 2. The molecule has 0 rings (SSSR count). The first kappa shape index (κ1) is 14.9. The number of hydrogen-bond acceptors (Lipinski definition) is 3. The highest BCUT2D eigenvalue weighted by molar-refractivity contribution is 5.76. The molecule has 2 N–H and O–H groups in total. The van der Waals surface area contributed by atoms with Crippen LogP contribution in [0.5, 0.6) is 0 Å². The molecule has 16 heavy (non-hydrogen) atoms. The number of carboxylic acid groups (broad SMARTS) is 1. The molecule has 0 radical (unpaired) electrons. The lowest BCUT2D eigenvalue weighted by Gasteiger charge is -2.19. The lowest BCUT2D eigenvalue weighted by molar-refractivity contribution is -0.138. The average Bonchev–Trinajstić information content (AvgIpc) is 2.17. The SMILES string of the molecule is CCNC(C)CC(=O)N(C)CCCC(=O)O. The van der Waals surface area contributed by atoms with Crippen LogP contribution in [-0.4, -0.2) is 48.1 Å². The number of carbonyl (C=O) groups excluding carboxylic acids is 1. The Labute approximate surface area is 96.8 Å². The summed E-state index contributed by atoms with van der Waals surface area (Å²) >= 11 is 0. The first-order valence-corrected chi connectivity index (χ1v) is 5.66. The fraction of sp³-hybridized carbons (Fsp3) is 0.818. The van der Waals surface area contributed by atoms with E-state index in [4.69, 9.17) is 5.11 Å². The molecule has 0 aromatic rings. The van der Waals surface area contributed by atoms with Gasteiger partial charge in [-0.05, 0) is 19.9 Å². The predicted octanol–water partition coefficient (Wildman–Crippen LogP) is 0.698. The van der Waals surface area contributed by atoms with Gasteiger partial charge in [-0.2, -0.15) is 0 Å². The molecular formula is C11H22N2O3. The molecule has 5 heteroatoms. The van der Waals surface area contributed by atoms with Crippen LogP contribution in [0.25, 0.3) is 0 Å². The van der Waals surface area contributed by atoms with Gasteiger partial charge in [0.2, 0.25) is 5.91 Å². The summed E-state index contributed by atoms with van der Waals surface area (Å²) in [5.41, 5.74) is 0. The van der Waals surface area contributed by atoms with Crippen LogP contribution in [0.1, 0.15) is 33.1 Å². The van der Waals surface area contributed by atoms with E-state index >= 15 is 0 Å². The quantitative estimate of drug-likeness (QED) is 0.644. The average molecular weight is 230 g/mol. The summed E-state index contributed by atoms with van der Waals surface area (Å²) in [7, 11) is 1.71. The van der Waals surface area contributed by atoms with Gasteiger partial charge in [0.05, 0.1) is 0 Å². The predicted molar refractivity (Wildman–Crippen MR) is 62.3 cm³/mol. The molecule has 0 aliphatic heterocycles. The van der Waals surface area contributed by atoms with Gasteiger partial charge in [0, 0.05) is 32.5 Å². The van der Waals surface area contributed by atoms with E-state index in [1.807, 2.05) is 13.8 Å². The van der Waals surface area contributed by atoms with Gasteiger partial charge < -0.3 is 15.3 Å². The fourth-order valence-corrected chi connectivity index (χ4v) is 1.43. The summed E-state index contributed by atoms with van der Waals surface area (Å²) in [6.07, 6.45) is 1.07. The molecule has 0 bridgehead atoms. The Morgan fingerprint density at radius 3 is 2.56 bits per heavy atom. The van der Waals surface area contributed by atoms with Crippen molar-refractivity contribution in [3.05, 3.63) is 0 Å². The summed E-state index contributed by atoms with van der Waals surface area (Å²) < 4.78 is 0. The maximum Gasteiger partial charge on any atom is 0.303 e. The first-order valence-electron chi connectivity index (χ1n) is 5.66. The molecular weight excluding hydrogens is 208 g/mol. The molecule has 0 heterocycles. The number of carbonyl (C=O) groups is 2. The van der Waals surface area contributed by atoms with Crippen molar-refractivity contribution in [2.75, 3.05) is 20.1 Å². The van der Waals surface area contributed by atoms with Crippen LogP contribution < -0.4 is 5.32 Å². The van der Waals surface area contributed by atoms with Gasteiger partial charge in [-0.1, -0.05) is 6.92 Å². The van der Waals surface area contributed by atoms with Crippen molar-refractivity contribution in [1.82, 2.24) is 10.2 Å². The number of nitrogens with one attached hydrogen (secondary N) is 1. The Kier molecular flexibility index (Phi) is 7.54. The number of carboxylic acids is 1. The molecule has 0 aromatic carbocycles. The Hall–Kier alpha value is -1.10. The van der Waals surface area contributed by atoms with Crippen molar-refractivity contribution in [2.24, 2.45) is 0 Å². The van der Waals surface area contributed by atoms with Crippen molar-refractivity contribution in [3.8, 4) is 0 Å². The van der Waals surface area contributed by atoms with E-state index in [0.29, 0.717) is 19.4 Å². The largest absolute Gasteiger partial charge is 0.481 e.